The van der Waals surface area contributed by atoms with Crippen LogP contribution in [-0.4, -0.2) is 37.3 Å². The number of nitrogens with one attached hydrogen (secondary N) is 1. The molecule has 1 aromatic carbocycles. The maximum atomic E-state index is 12.4. The van der Waals surface area contributed by atoms with E-state index in [1.165, 1.54) is 18.3 Å². The highest BCUT2D eigenvalue weighted by Gasteiger charge is 2.14. The summed E-state index contributed by atoms with van der Waals surface area (Å²) in [5.41, 5.74) is 2.16. The highest BCUT2D eigenvalue weighted by atomic mass is 32.1. The van der Waals surface area contributed by atoms with E-state index in [4.69, 9.17) is 0 Å². The van der Waals surface area contributed by atoms with Crippen LogP contribution >= 0.6 is 11.3 Å². The molecule has 0 unspecified atom stereocenters. The Kier molecular flexibility index (Phi) is 4.80. The lowest BCUT2D eigenvalue weighted by atomic mass is 10.0. The summed E-state index contributed by atoms with van der Waals surface area (Å²) in [6, 6.07) is 9.00. The predicted octanol–water partition coefficient (Wildman–Crippen LogP) is 2.84. The summed E-state index contributed by atoms with van der Waals surface area (Å²) in [6.07, 6.45) is 1.64. The zero-order valence-electron chi connectivity index (χ0n) is 13.3. The lowest BCUT2D eigenvalue weighted by Crippen LogP contribution is -2.00. The fourth-order valence-corrected chi connectivity index (χ4v) is 3.19. The number of tetrazole rings is 1. The van der Waals surface area contributed by atoms with Crippen molar-refractivity contribution >= 4 is 28.7 Å². The maximum absolute atomic E-state index is 12.4. The monoisotopic (exact) mass is 354 g/mol. The SMILES string of the molecule is CC(=O)c1ccc(Cc2sccc2C(=O)C=C(O)c2nn[nH]n2)cc1. The Morgan fingerprint density at radius 2 is 2.00 bits per heavy atom. The summed E-state index contributed by atoms with van der Waals surface area (Å²) in [5, 5.41) is 24.5. The van der Waals surface area contributed by atoms with Crippen LogP contribution in [0.3, 0.4) is 0 Å². The van der Waals surface area contributed by atoms with Crippen molar-refractivity contribution in [1.29, 1.82) is 0 Å². The van der Waals surface area contributed by atoms with Crippen molar-refractivity contribution in [3.8, 4) is 0 Å². The number of aliphatic hydroxyl groups excluding tert-OH is 1. The van der Waals surface area contributed by atoms with Gasteiger partial charge in [0.2, 0.25) is 5.82 Å². The molecule has 8 heteroatoms. The van der Waals surface area contributed by atoms with Gasteiger partial charge < -0.3 is 5.11 Å². The Morgan fingerprint density at radius 1 is 1.24 bits per heavy atom. The van der Waals surface area contributed by atoms with Crippen molar-refractivity contribution in [1.82, 2.24) is 20.6 Å². The summed E-state index contributed by atoms with van der Waals surface area (Å²) in [5.74, 6) is -0.703. The number of carbonyl (C=O) groups excluding carboxylic acids is 2. The van der Waals surface area contributed by atoms with Crippen LogP contribution in [0.15, 0.2) is 41.8 Å². The Bertz CT molecular complexity index is 927. The van der Waals surface area contributed by atoms with Gasteiger partial charge in [-0.3, -0.25) is 9.59 Å². The van der Waals surface area contributed by atoms with Gasteiger partial charge in [-0.1, -0.05) is 24.3 Å². The minimum Gasteiger partial charge on any atom is -0.504 e. The number of aromatic nitrogens is 4. The van der Waals surface area contributed by atoms with Gasteiger partial charge in [0.1, 0.15) is 0 Å². The number of allylic oxidation sites excluding steroid dienone is 1. The fourth-order valence-electron chi connectivity index (χ4n) is 2.28. The first-order valence-electron chi connectivity index (χ1n) is 7.39. The largest absolute Gasteiger partial charge is 0.504 e. The van der Waals surface area contributed by atoms with E-state index in [1.807, 2.05) is 17.5 Å². The molecule has 0 radical (unpaired) electrons. The summed E-state index contributed by atoms with van der Waals surface area (Å²) in [4.78, 5) is 24.6. The molecule has 0 spiro atoms. The average molecular weight is 354 g/mol. The minimum absolute atomic E-state index is 0.0145. The lowest BCUT2D eigenvalue weighted by molar-refractivity contribution is 0.101. The van der Waals surface area contributed by atoms with Crippen LogP contribution in [0, 0.1) is 0 Å². The fraction of sp³-hybridized carbons (Fsp3) is 0.118. The van der Waals surface area contributed by atoms with Crippen LogP contribution in [0.1, 0.15) is 43.9 Å². The van der Waals surface area contributed by atoms with Crippen LogP contribution in [0.2, 0.25) is 0 Å². The molecule has 0 aliphatic rings. The first-order chi connectivity index (χ1) is 12.0. The second kappa shape index (κ2) is 7.18. The normalized spacial score (nSPS) is 11.5. The number of rotatable bonds is 6. The number of H-pyrrole nitrogens is 1. The van der Waals surface area contributed by atoms with Crippen LogP contribution < -0.4 is 0 Å². The third-order valence-electron chi connectivity index (χ3n) is 3.58. The third-order valence-corrected chi connectivity index (χ3v) is 4.50. The quantitative estimate of drug-likeness (QED) is 0.400. The smallest absolute Gasteiger partial charge is 0.239 e. The van der Waals surface area contributed by atoms with Gasteiger partial charge in [-0.15, -0.1) is 21.5 Å². The average Bonchev–Trinajstić information content (AvgIpc) is 3.27. The molecular formula is C17H14N4O3S. The summed E-state index contributed by atoms with van der Waals surface area (Å²) in [7, 11) is 0. The first kappa shape index (κ1) is 16.7. The molecule has 126 valence electrons. The lowest BCUT2D eigenvalue weighted by Gasteiger charge is -2.03. The molecule has 0 amide bonds. The van der Waals surface area contributed by atoms with Gasteiger partial charge in [0.25, 0.3) is 0 Å². The molecule has 0 aliphatic heterocycles. The molecule has 0 aliphatic carbocycles. The van der Waals surface area contributed by atoms with Crippen molar-refractivity contribution in [2.45, 2.75) is 13.3 Å². The van der Waals surface area contributed by atoms with Gasteiger partial charge in [-0.25, -0.2) is 0 Å². The first-order valence-corrected chi connectivity index (χ1v) is 8.27. The van der Waals surface area contributed by atoms with Gasteiger partial charge in [0.15, 0.2) is 17.3 Å². The number of thiophene rings is 1. The number of ketones is 2. The molecule has 0 saturated heterocycles. The second-order valence-electron chi connectivity index (χ2n) is 5.32. The molecule has 2 aromatic heterocycles. The summed E-state index contributed by atoms with van der Waals surface area (Å²) >= 11 is 1.46. The van der Waals surface area contributed by atoms with Crippen molar-refractivity contribution < 1.29 is 14.7 Å². The second-order valence-corrected chi connectivity index (χ2v) is 6.32. The minimum atomic E-state index is -0.346. The molecule has 3 rings (SSSR count). The number of aromatic amines is 1. The van der Waals surface area contributed by atoms with E-state index >= 15 is 0 Å². The van der Waals surface area contributed by atoms with Gasteiger partial charge in [0.05, 0.1) is 0 Å². The predicted molar refractivity (Wildman–Crippen MR) is 92.7 cm³/mol. The number of aliphatic hydroxyl groups is 1. The van der Waals surface area contributed by atoms with Crippen LogP contribution in [-0.2, 0) is 6.42 Å². The number of Topliss-reactive ketones (excluding diaryl/α,β-unsaturated/α-hetero) is 1. The van der Waals surface area contributed by atoms with Gasteiger partial charge >= 0.3 is 0 Å². The topological polar surface area (TPSA) is 109 Å². The number of nitrogens with zero attached hydrogens (tertiary/aromatic N) is 3. The highest BCUT2D eigenvalue weighted by Crippen LogP contribution is 2.23. The van der Waals surface area contributed by atoms with Crippen molar-refractivity contribution in [3.05, 3.63) is 69.2 Å². The Balaban J connectivity index is 1.79. The molecule has 2 heterocycles. The van der Waals surface area contributed by atoms with E-state index in [0.717, 1.165) is 16.5 Å². The number of benzene rings is 1. The number of hydrogen-bond donors (Lipinski definition) is 2. The Hall–Kier alpha value is -3.13. The summed E-state index contributed by atoms with van der Waals surface area (Å²) < 4.78 is 0. The number of carbonyl (C=O) groups is 2. The third kappa shape index (κ3) is 3.86. The Morgan fingerprint density at radius 3 is 2.64 bits per heavy atom. The van der Waals surface area contributed by atoms with E-state index in [1.54, 1.807) is 18.2 Å². The molecule has 0 bridgehead atoms. The van der Waals surface area contributed by atoms with Crippen molar-refractivity contribution in [2.24, 2.45) is 0 Å². The van der Waals surface area contributed by atoms with Gasteiger partial charge in [-0.2, -0.15) is 5.21 Å². The zero-order chi connectivity index (χ0) is 17.8. The van der Waals surface area contributed by atoms with Crippen LogP contribution in [0.5, 0.6) is 0 Å². The van der Waals surface area contributed by atoms with Gasteiger partial charge in [0, 0.05) is 28.5 Å². The van der Waals surface area contributed by atoms with E-state index < -0.39 is 0 Å². The highest BCUT2D eigenvalue weighted by molar-refractivity contribution is 7.10. The van der Waals surface area contributed by atoms with Gasteiger partial charge in [-0.05, 0) is 29.1 Å². The van der Waals surface area contributed by atoms with Crippen molar-refractivity contribution in [2.75, 3.05) is 0 Å². The molecule has 0 atom stereocenters. The van der Waals surface area contributed by atoms with E-state index in [-0.39, 0.29) is 23.2 Å². The zero-order valence-corrected chi connectivity index (χ0v) is 14.1. The number of hydrogen-bond acceptors (Lipinski definition) is 7. The van der Waals surface area contributed by atoms with Crippen molar-refractivity contribution in [3.63, 3.8) is 0 Å². The molecular weight excluding hydrogens is 340 g/mol. The van der Waals surface area contributed by atoms with E-state index in [0.29, 0.717) is 17.5 Å². The molecule has 2 N–H and O–H groups in total. The molecule has 0 fully saturated rings. The standard InChI is InChI=1S/C17H14N4O3S/c1-10(22)12-4-2-11(3-5-12)8-16-13(6-7-25-16)14(23)9-15(24)17-18-20-21-19-17/h2-7,9,24H,8H2,1H3,(H,18,19,20,21). The van der Waals surface area contributed by atoms with Crippen LogP contribution in [0.25, 0.3) is 5.76 Å². The summed E-state index contributed by atoms with van der Waals surface area (Å²) in [6.45, 7) is 1.52. The van der Waals surface area contributed by atoms with E-state index in [2.05, 4.69) is 20.6 Å². The molecule has 3 aromatic rings. The molecule has 7 nitrogen and oxygen atoms in total. The van der Waals surface area contributed by atoms with E-state index in [9.17, 15) is 14.7 Å². The molecule has 0 saturated carbocycles. The maximum Gasteiger partial charge on any atom is 0.239 e. The van der Waals surface area contributed by atoms with Crippen LogP contribution in [0.4, 0.5) is 0 Å². The Labute approximate surface area is 147 Å². The molecule has 25 heavy (non-hydrogen) atoms.